The Morgan fingerprint density at radius 3 is 2.46 bits per heavy atom. The van der Waals surface area contributed by atoms with Crippen LogP contribution in [0.5, 0.6) is 5.75 Å². The van der Waals surface area contributed by atoms with Crippen molar-refractivity contribution in [3.63, 3.8) is 0 Å². The Balaban J connectivity index is 1.73. The fourth-order valence-electron chi connectivity index (χ4n) is 2.17. The summed E-state index contributed by atoms with van der Waals surface area (Å²) >= 11 is 12.0. The Morgan fingerprint density at radius 1 is 1.04 bits per heavy atom. The molecule has 0 saturated carbocycles. The summed E-state index contributed by atoms with van der Waals surface area (Å²) in [7, 11) is 1.51. The molecule has 0 aliphatic carbocycles. The van der Waals surface area contributed by atoms with Crippen LogP contribution in [0.2, 0.25) is 10.0 Å². The first-order valence-electron chi connectivity index (χ1n) is 7.55. The van der Waals surface area contributed by atoms with Gasteiger partial charge in [-0.05, 0) is 30.3 Å². The number of nitrogens with one attached hydrogen (secondary N) is 2. The number of carbonyl (C=O) groups excluding carboxylic acids is 1. The molecule has 6 nitrogen and oxygen atoms in total. The molecule has 0 fully saturated rings. The fourth-order valence-corrected chi connectivity index (χ4v) is 2.52. The average Bonchev–Trinajstić information content (AvgIpc) is 2.64. The number of carbonyl (C=O) groups is 1. The number of hydrogen-bond acceptors (Lipinski definition) is 5. The molecular formula is C18H14Cl2N4O2. The Labute approximate surface area is 160 Å². The normalized spacial score (nSPS) is 10.3. The van der Waals surface area contributed by atoms with Crippen molar-refractivity contribution in [1.82, 2.24) is 9.97 Å². The Bertz CT molecular complexity index is 933. The van der Waals surface area contributed by atoms with Crippen molar-refractivity contribution >= 4 is 46.4 Å². The highest BCUT2D eigenvalue weighted by Crippen LogP contribution is 2.28. The van der Waals surface area contributed by atoms with Crippen molar-refractivity contribution in [3.8, 4) is 5.75 Å². The molecule has 0 aliphatic rings. The second kappa shape index (κ2) is 8.03. The maximum atomic E-state index is 12.4. The molecule has 0 unspecified atom stereocenters. The lowest BCUT2D eigenvalue weighted by Crippen LogP contribution is -2.13. The number of nitrogens with zero attached hydrogens (tertiary/aromatic N) is 2. The second-order valence-corrected chi connectivity index (χ2v) is 6.04. The number of para-hydroxylation sites is 1. The fraction of sp³-hybridized carbons (Fsp3) is 0.0556. The van der Waals surface area contributed by atoms with E-state index in [4.69, 9.17) is 27.9 Å². The molecule has 0 atom stereocenters. The van der Waals surface area contributed by atoms with Gasteiger partial charge in [-0.2, -0.15) is 0 Å². The minimum atomic E-state index is -0.380. The number of benzene rings is 2. The molecule has 8 heteroatoms. The van der Waals surface area contributed by atoms with Crippen LogP contribution in [0.1, 0.15) is 10.4 Å². The SMILES string of the molecule is COc1ccc(Cl)cc1NC(=O)c1cnc(Nc2ccccc2Cl)nc1. The lowest BCUT2D eigenvalue weighted by molar-refractivity contribution is 0.102. The molecule has 0 saturated heterocycles. The van der Waals surface area contributed by atoms with Gasteiger partial charge in [-0.3, -0.25) is 4.79 Å². The summed E-state index contributed by atoms with van der Waals surface area (Å²) in [5.74, 6) is 0.450. The maximum absolute atomic E-state index is 12.4. The van der Waals surface area contributed by atoms with E-state index in [0.717, 1.165) is 0 Å². The van der Waals surface area contributed by atoms with Gasteiger partial charge in [0.15, 0.2) is 0 Å². The number of anilines is 3. The summed E-state index contributed by atoms with van der Waals surface area (Å²) in [4.78, 5) is 20.7. The van der Waals surface area contributed by atoms with E-state index in [-0.39, 0.29) is 11.5 Å². The summed E-state index contributed by atoms with van der Waals surface area (Å²) < 4.78 is 5.21. The molecule has 1 amide bonds. The lowest BCUT2D eigenvalue weighted by atomic mass is 10.2. The molecule has 2 aromatic carbocycles. The zero-order valence-electron chi connectivity index (χ0n) is 13.7. The topological polar surface area (TPSA) is 76.1 Å². The van der Waals surface area contributed by atoms with Gasteiger partial charge in [0, 0.05) is 17.4 Å². The van der Waals surface area contributed by atoms with Crippen molar-refractivity contribution in [3.05, 3.63) is 70.5 Å². The predicted molar refractivity (Wildman–Crippen MR) is 103 cm³/mol. The molecule has 0 bridgehead atoms. The van der Waals surface area contributed by atoms with Gasteiger partial charge in [0.05, 0.1) is 29.1 Å². The van der Waals surface area contributed by atoms with Crippen LogP contribution < -0.4 is 15.4 Å². The molecule has 1 aromatic heterocycles. The van der Waals surface area contributed by atoms with Gasteiger partial charge in [-0.1, -0.05) is 35.3 Å². The van der Waals surface area contributed by atoms with Crippen molar-refractivity contribution < 1.29 is 9.53 Å². The summed E-state index contributed by atoms with van der Waals surface area (Å²) in [6, 6.07) is 12.2. The number of methoxy groups -OCH3 is 1. The highest BCUT2D eigenvalue weighted by molar-refractivity contribution is 6.33. The molecule has 3 aromatic rings. The molecule has 1 heterocycles. The zero-order chi connectivity index (χ0) is 18.5. The van der Waals surface area contributed by atoms with E-state index < -0.39 is 0 Å². The van der Waals surface area contributed by atoms with E-state index >= 15 is 0 Å². The monoisotopic (exact) mass is 388 g/mol. The van der Waals surface area contributed by atoms with Crippen LogP contribution in [0, 0.1) is 0 Å². The molecule has 26 heavy (non-hydrogen) atoms. The largest absolute Gasteiger partial charge is 0.495 e. The maximum Gasteiger partial charge on any atom is 0.258 e. The van der Waals surface area contributed by atoms with Gasteiger partial charge < -0.3 is 15.4 Å². The predicted octanol–water partition coefficient (Wildman–Crippen LogP) is 4.79. The number of aromatic nitrogens is 2. The van der Waals surface area contributed by atoms with Crippen LogP contribution in [0.3, 0.4) is 0 Å². The third kappa shape index (κ3) is 4.22. The van der Waals surface area contributed by atoms with E-state index in [1.165, 1.54) is 19.5 Å². The number of rotatable bonds is 5. The van der Waals surface area contributed by atoms with Crippen LogP contribution in [0.4, 0.5) is 17.3 Å². The first-order chi connectivity index (χ1) is 12.6. The standard InChI is InChI=1S/C18H14Cl2N4O2/c1-26-16-7-6-12(19)8-15(16)23-17(25)11-9-21-18(22-10-11)24-14-5-3-2-4-13(14)20/h2-10H,1H3,(H,23,25)(H,21,22,24). The van der Waals surface area contributed by atoms with E-state index in [9.17, 15) is 4.79 Å². The van der Waals surface area contributed by atoms with Crippen molar-refractivity contribution in [2.45, 2.75) is 0 Å². The Kier molecular flexibility index (Phi) is 5.55. The van der Waals surface area contributed by atoms with Crippen molar-refractivity contribution in [2.75, 3.05) is 17.7 Å². The third-order valence-corrected chi connectivity index (χ3v) is 4.01. The molecular weight excluding hydrogens is 375 g/mol. The third-order valence-electron chi connectivity index (χ3n) is 3.44. The molecule has 0 spiro atoms. The highest BCUT2D eigenvalue weighted by atomic mass is 35.5. The van der Waals surface area contributed by atoms with Crippen molar-refractivity contribution in [1.29, 1.82) is 0 Å². The van der Waals surface area contributed by atoms with E-state index in [1.807, 2.05) is 12.1 Å². The smallest absolute Gasteiger partial charge is 0.258 e. The molecule has 3 rings (SSSR count). The van der Waals surface area contributed by atoms with Gasteiger partial charge in [0.25, 0.3) is 5.91 Å². The van der Waals surface area contributed by atoms with Crippen LogP contribution >= 0.6 is 23.2 Å². The highest BCUT2D eigenvalue weighted by Gasteiger charge is 2.12. The van der Waals surface area contributed by atoms with Gasteiger partial charge in [0.2, 0.25) is 5.95 Å². The first-order valence-corrected chi connectivity index (χ1v) is 8.31. The summed E-state index contributed by atoms with van der Waals surface area (Å²) in [6.07, 6.45) is 2.83. The number of amides is 1. The van der Waals surface area contributed by atoms with Crippen LogP contribution in [-0.4, -0.2) is 23.0 Å². The quantitative estimate of drug-likeness (QED) is 0.656. The molecule has 0 radical (unpaired) electrons. The van der Waals surface area contributed by atoms with Crippen molar-refractivity contribution in [2.24, 2.45) is 0 Å². The van der Waals surface area contributed by atoms with Gasteiger partial charge >= 0.3 is 0 Å². The van der Waals surface area contributed by atoms with E-state index in [0.29, 0.717) is 33.1 Å². The number of ether oxygens (including phenoxy) is 1. The lowest BCUT2D eigenvalue weighted by Gasteiger charge is -2.11. The minimum Gasteiger partial charge on any atom is -0.495 e. The van der Waals surface area contributed by atoms with Crippen LogP contribution in [-0.2, 0) is 0 Å². The first kappa shape index (κ1) is 18.0. The van der Waals surface area contributed by atoms with Gasteiger partial charge in [-0.25, -0.2) is 9.97 Å². The summed E-state index contributed by atoms with van der Waals surface area (Å²) in [5.41, 5.74) is 1.43. The summed E-state index contributed by atoms with van der Waals surface area (Å²) in [6.45, 7) is 0. The van der Waals surface area contributed by atoms with Gasteiger partial charge in [0.1, 0.15) is 5.75 Å². The summed E-state index contributed by atoms with van der Waals surface area (Å²) in [5, 5.41) is 6.75. The van der Waals surface area contributed by atoms with E-state index in [1.54, 1.807) is 30.3 Å². The Hall–Kier alpha value is -2.83. The van der Waals surface area contributed by atoms with Gasteiger partial charge in [-0.15, -0.1) is 0 Å². The number of hydrogen-bond donors (Lipinski definition) is 2. The Morgan fingerprint density at radius 2 is 1.77 bits per heavy atom. The van der Waals surface area contributed by atoms with Crippen LogP contribution in [0.15, 0.2) is 54.9 Å². The van der Waals surface area contributed by atoms with Crippen LogP contribution in [0.25, 0.3) is 0 Å². The molecule has 0 aliphatic heterocycles. The second-order valence-electron chi connectivity index (χ2n) is 5.20. The minimum absolute atomic E-state index is 0.289. The zero-order valence-corrected chi connectivity index (χ0v) is 15.2. The molecule has 2 N–H and O–H groups in total. The average molecular weight is 389 g/mol. The van der Waals surface area contributed by atoms with E-state index in [2.05, 4.69) is 20.6 Å². The number of halogens is 2. The molecule has 132 valence electrons.